The second-order valence-corrected chi connectivity index (χ2v) is 12.1. The molecule has 58 valence electrons. The average Bonchev–Trinajstić information content (AvgIpc) is 2.05. The molecule has 0 aliphatic rings. The summed E-state index contributed by atoms with van der Waals surface area (Å²) < 4.78 is 0. The molecule has 0 saturated heterocycles. The maximum Gasteiger partial charge on any atom is 0.0711 e. The van der Waals surface area contributed by atoms with Crippen LogP contribution in [0.25, 0.3) is 0 Å². The third kappa shape index (κ3) is 2.31. The molecule has 2 radical (unpaired) electrons. The first-order valence-corrected chi connectivity index (χ1v) is 9.41. The molecule has 0 bridgehead atoms. The lowest BCUT2D eigenvalue weighted by Gasteiger charge is -2.11. The molecule has 1 rings (SSSR count). The Bertz CT molecular complexity index is 206. The first kappa shape index (κ1) is 8.75. The molecule has 0 unspecified atom stereocenters. The van der Waals surface area contributed by atoms with E-state index in [1.54, 1.807) is 5.19 Å². The van der Waals surface area contributed by atoms with E-state index < -0.39 is 0 Å². The third-order valence-electron chi connectivity index (χ3n) is 1.96. The van der Waals surface area contributed by atoms with Crippen molar-refractivity contribution in [3.05, 3.63) is 30.3 Å². The Balaban J connectivity index is 2.77. The van der Waals surface area contributed by atoms with Gasteiger partial charge in [-0.1, -0.05) is 55.2 Å². The molecule has 1 aromatic rings. The predicted molar refractivity (Wildman–Crippen MR) is 55.2 cm³/mol. The molecular weight excluding hydrogens is 164 g/mol. The van der Waals surface area contributed by atoms with Crippen molar-refractivity contribution in [3.8, 4) is 0 Å². The maximum atomic E-state index is 2.42. The van der Waals surface area contributed by atoms with Gasteiger partial charge in [-0.2, -0.15) is 0 Å². The first-order chi connectivity index (χ1) is 5.22. The lowest BCUT2D eigenvalue weighted by Crippen LogP contribution is -2.38. The predicted octanol–water partition coefficient (Wildman–Crippen LogP) is 1.85. The monoisotopic (exact) mass is 178 g/mol. The van der Waals surface area contributed by atoms with Gasteiger partial charge in [0.2, 0.25) is 0 Å². The molecule has 0 heterocycles. The van der Waals surface area contributed by atoms with E-state index in [0.717, 1.165) is 0 Å². The van der Waals surface area contributed by atoms with E-state index in [0.29, 0.717) is 0 Å². The summed E-state index contributed by atoms with van der Waals surface area (Å²) in [5, 5.41) is 1.59. The molecule has 11 heavy (non-hydrogen) atoms. The fourth-order valence-corrected chi connectivity index (χ4v) is 4.48. The summed E-state index contributed by atoms with van der Waals surface area (Å²) in [6.45, 7) is 7.24. The lowest BCUT2D eigenvalue weighted by atomic mass is 10.4. The van der Waals surface area contributed by atoms with E-state index in [1.165, 1.54) is 0 Å². The second kappa shape index (κ2) is 3.88. The van der Waals surface area contributed by atoms with Crippen LogP contribution in [0.3, 0.4) is 0 Å². The van der Waals surface area contributed by atoms with Crippen molar-refractivity contribution in [1.29, 1.82) is 0 Å². The van der Waals surface area contributed by atoms with Crippen LogP contribution in [0.2, 0.25) is 19.6 Å². The number of benzene rings is 1. The number of rotatable bonds is 2. The van der Waals surface area contributed by atoms with Crippen LogP contribution < -0.4 is 5.19 Å². The zero-order chi connectivity index (χ0) is 8.27. The van der Waals surface area contributed by atoms with Gasteiger partial charge in [0.25, 0.3) is 0 Å². The van der Waals surface area contributed by atoms with Gasteiger partial charge >= 0.3 is 0 Å². The summed E-state index contributed by atoms with van der Waals surface area (Å²) >= 11 is 0. The molecule has 0 fully saturated rings. The van der Waals surface area contributed by atoms with Crippen molar-refractivity contribution in [2.24, 2.45) is 0 Å². The standard InChI is InChI=1S/C9H14Si2/c1-10(2)11(3)9-7-5-4-6-8-9/h4-8H,1-3H3. The summed E-state index contributed by atoms with van der Waals surface area (Å²) in [4.78, 5) is 0. The van der Waals surface area contributed by atoms with Gasteiger partial charge in [0.05, 0.1) is 8.31 Å². The van der Waals surface area contributed by atoms with Gasteiger partial charge in [0, 0.05) is 8.31 Å². The van der Waals surface area contributed by atoms with Crippen molar-refractivity contribution in [3.63, 3.8) is 0 Å². The lowest BCUT2D eigenvalue weighted by molar-refractivity contribution is 1.76. The minimum Gasteiger partial charge on any atom is -0.0732 e. The summed E-state index contributed by atoms with van der Waals surface area (Å²) in [5.74, 6) is 0. The van der Waals surface area contributed by atoms with Crippen LogP contribution in [0.5, 0.6) is 0 Å². The Morgan fingerprint density at radius 2 is 1.45 bits per heavy atom. The Morgan fingerprint density at radius 3 is 1.91 bits per heavy atom. The zero-order valence-corrected chi connectivity index (χ0v) is 9.39. The largest absolute Gasteiger partial charge is 0.0732 e. The highest BCUT2D eigenvalue weighted by Gasteiger charge is 2.11. The van der Waals surface area contributed by atoms with Gasteiger partial charge < -0.3 is 0 Å². The van der Waals surface area contributed by atoms with E-state index in [-0.39, 0.29) is 16.6 Å². The van der Waals surface area contributed by atoms with Crippen LogP contribution >= 0.6 is 0 Å². The van der Waals surface area contributed by atoms with Gasteiger partial charge in [0.15, 0.2) is 0 Å². The van der Waals surface area contributed by atoms with E-state index in [4.69, 9.17) is 0 Å². The van der Waals surface area contributed by atoms with Crippen LogP contribution in [-0.2, 0) is 0 Å². The highest BCUT2D eigenvalue weighted by molar-refractivity contribution is 7.26. The summed E-state index contributed by atoms with van der Waals surface area (Å²) in [6, 6.07) is 10.9. The molecule has 0 aromatic heterocycles. The van der Waals surface area contributed by atoms with Crippen LogP contribution in [0.4, 0.5) is 0 Å². The minimum absolute atomic E-state index is 0.0628. The topological polar surface area (TPSA) is 0 Å². The van der Waals surface area contributed by atoms with Gasteiger partial charge in [-0.25, -0.2) is 0 Å². The summed E-state index contributed by atoms with van der Waals surface area (Å²) in [7, 11) is -0.245. The second-order valence-electron chi connectivity index (χ2n) is 2.99. The Morgan fingerprint density at radius 1 is 0.909 bits per heavy atom. The van der Waals surface area contributed by atoms with Crippen LogP contribution in [0.1, 0.15) is 0 Å². The number of hydrogen-bond acceptors (Lipinski definition) is 0. The molecule has 2 heteroatoms. The van der Waals surface area contributed by atoms with Gasteiger partial charge in [-0.15, -0.1) is 0 Å². The molecule has 0 saturated carbocycles. The molecule has 1 aromatic carbocycles. The van der Waals surface area contributed by atoms with E-state index >= 15 is 0 Å². The quantitative estimate of drug-likeness (QED) is 0.606. The first-order valence-electron chi connectivity index (χ1n) is 3.91. The highest BCUT2D eigenvalue weighted by atomic mass is 29.2. The Kier molecular flexibility index (Phi) is 3.08. The van der Waals surface area contributed by atoms with Gasteiger partial charge in [0.1, 0.15) is 0 Å². The van der Waals surface area contributed by atoms with Crippen molar-refractivity contribution < 1.29 is 0 Å². The minimum atomic E-state index is -0.182. The summed E-state index contributed by atoms with van der Waals surface area (Å²) in [6.07, 6.45) is 0. The van der Waals surface area contributed by atoms with E-state index in [1.807, 2.05) is 0 Å². The molecule has 0 amide bonds. The van der Waals surface area contributed by atoms with E-state index in [2.05, 4.69) is 50.0 Å². The van der Waals surface area contributed by atoms with Crippen molar-refractivity contribution in [2.75, 3.05) is 0 Å². The molecule has 0 aliphatic heterocycles. The highest BCUT2D eigenvalue weighted by Crippen LogP contribution is 1.92. The van der Waals surface area contributed by atoms with Crippen LogP contribution in [0.15, 0.2) is 30.3 Å². The van der Waals surface area contributed by atoms with Gasteiger partial charge in [-0.3, -0.25) is 0 Å². The van der Waals surface area contributed by atoms with Crippen LogP contribution in [-0.4, -0.2) is 16.6 Å². The van der Waals surface area contributed by atoms with Crippen molar-refractivity contribution in [1.82, 2.24) is 0 Å². The maximum absolute atomic E-state index is 2.42. The van der Waals surface area contributed by atoms with E-state index in [9.17, 15) is 0 Å². The van der Waals surface area contributed by atoms with Crippen LogP contribution in [0, 0.1) is 0 Å². The third-order valence-corrected chi connectivity index (χ3v) is 10.0. The smallest absolute Gasteiger partial charge is 0.0711 e. The van der Waals surface area contributed by atoms with Crippen molar-refractivity contribution in [2.45, 2.75) is 19.6 Å². The number of hydrogen-bond donors (Lipinski definition) is 0. The fourth-order valence-electron chi connectivity index (χ4n) is 0.977. The molecule has 0 nitrogen and oxygen atoms in total. The average molecular weight is 178 g/mol. The molecular formula is C9H14Si2. The summed E-state index contributed by atoms with van der Waals surface area (Å²) in [5.41, 5.74) is 0. The SMILES string of the molecule is C[Si](C)[Si](C)c1ccccc1. The Labute approximate surface area is 72.3 Å². The Hall–Kier alpha value is -0.346. The normalized spacial score (nSPS) is 11.0. The van der Waals surface area contributed by atoms with Gasteiger partial charge in [-0.05, 0) is 0 Å². The molecule has 0 N–H and O–H groups in total. The zero-order valence-electron chi connectivity index (χ0n) is 7.39. The molecule has 0 atom stereocenters. The molecule has 0 aliphatic carbocycles. The van der Waals surface area contributed by atoms with Crippen molar-refractivity contribution >= 4 is 21.8 Å². The fraction of sp³-hybridized carbons (Fsp3) is 0.333. The molecule has 0 spiro atoms.